The van der Waals surface area contributed by atoms with Crippen molar-refractivity contribution in [2.45, 2.75) is 32.8 Å². The van der Waals surface area contributed by atoms with Crippen LogP contribution in [0.3, 0.4) is 0 Å². The van der Waals surface area contributed by atoms with E-state index in [9.17, 15) is 10.2 Å². The molecule has 0 unspecified atom stereocenters. The van der Waals surface area contributed by atoms with Crippen molar-refractivity contribution in [1.82, 2.24) is 0 Å². The van der Waals surface area contributed by atoms with E-state index >= 15 is 0 Å². The third kappa shape index (κ3) is 2.15. The van der Waals surface area contributed by atoms with Crippen LogP contribution in [0.25, 0.3) is 0 Å². The van der Waals surface area contributed by atoms with Gasteiger partial charge in [-0.15, -0.1) is 0 Å². The van der Waals surface area contributed by atoms with Crippen LogP contribution in [-0.4, -0.2) is 23.4 Å². The fourth-order valence-corrected chi connectivity index (χ4v) is 3.55. The van der Waals surface area contributed by atoms with Crippen LogP contribution in [-0.2, 0) is 4.74 Å². The number of aliphatic hydroxyl groups excluding tert-OH is 1. The van der Waals surface area contributed by atoms with E-state index in [1.807, 2.05) is 13.0 Å². The van der Waals surface area contributed by atoms with Crippen LogP contribution >= 0.6 is 0 Å². The van der Waals surface area contributed by atoms with E-state index < -0.39 is 0 Å². The quantitative estimate of drug-likeness (QED) is 0.815. The van der Waals surface area contributed by atoms with Gasteiger partial charge < -0.3 is 14.9 Å². The molecule has 1 aromatic rings. The van der Waals surface area contributed by atoms with Crippen molar-refractivity contribution in [2.75, 3.05) is 13.2 Å². The molecule has 0 saturated carbocycles. The molecule has 2 N–H and O–H groups in total. The number of rotatable bonds is 2. The second-order valence-corrected chi connectivity index (χ2v) is 6.39. The molecule has 3 rings (SSSR count). The van der Waals surface area contributed by atoms with Gasteiger partial charge in [0.05, 0.1) is 19.3 Å². The average Bonchev–Trinajstić information content (AvgIpc) is 2.44. The summed E-state index contributed by atoms with van der Waals surface area (Å²) in [5.41, 5.74) is 3.47. The summed E-state index contributed by atoms with van der Waals surface area (Å²) >= 11 is 0. The molecule has 1 aromatic carbocycles. The Balaban J connectivity index is 1.96. The third-order valence-electron chi connectivity index (χ3n) is 4.92. The van der Waals surface area contributed by atoms with Crippen molar-refractivity contribution in [3.05, 3.63) is 41.0 Å². The minimum atomic E-state index is -0.0918. The molecule has 0 aromatic heterocycles. The number of aliphatic hydroxyl groups is 1. The average molecular weight is 274 g/mol. The zero-order valence-electron chi connectivity index (χ0n) is 12.1. The van der Waals surface area contributed by atoms with Gasteiger partial charge in [0.1, 0.15) is 5.75 Å². The fourth-order valence-electron chi connectivity index (χ4n) is 3.55. The molecule has 2 bridgehead atoms. The summed E-state index contributed by atoms with van der Waals surface area (Å²) in [7, 11) is 0. The lowest BCUT2D eigenvalue weighted by atomic mass is 9.66. The monoisotopic (exact) mass is 274 g/mol. The highest BCUT2D eigenvalue weighted by molar-refractivity contribution is 5.37. The Morgan fingerprint density at radius 3 is 2.85 bits per heavy atom. The molecule has 3 nitrogen and oxygen atoms in total. The Kier molecular flexibility index (Phi) is 3.35. The van der Waals surface area contributed by atoms with E-state index in [1.165, 1.54) is 5.57 Å². The van der Waals surface area contributed by atoms with Gasteiger partial charge in [-0.1, -0.05) is 17.7 Å². The van der Waals surface area contributed by atoms with Crippen molar-refractivity contribution in [3.63, 3.8) is 0 Å². The number of ether oxygens (including phenoxy) is 1. The number of benzene rings is 1. The van der Waals surface area contributed by atoms with E-state index in [1.54, 1.807) is 12.1 Å². The van der Waals surface area contributed by atoms with Crippen LogP contribution < -0.4 is 0 Å². The molecule has 20 heavy (non-hydrogen) atoms. The Morgan fingerprint density at radius 1 is 1.35 bits per heavy atom. The van der Waals surface area contributed by atoms with Crippen LogP contribution in [0.4, 0.5) is 0 Å². The Morgan fingerprint density at radius 2 is 2.15 bits per heavy atom. The normalized spacial score (nSPS) is 32.9. The number of phenolic OH excluding ortho intramolecular Hbond substituents is 1. The number of allylic oxidation sites excluding steroid dienone is 1. The van der Waals surface area contributed by atoms with E-state index in [-0.39, 0.29) is 18.1 Å². The highest BCUT2D eigenvalue weighted by Gasteiger charge is 2.44. The predicted octanol–water partition coefficient (Wildman–Crippen LogP) is 3.11. The smallest absolute Gasteiger partial charge is 0.115 e. The Bertz CT molecular complexity index is 549. The maximum absolute atomic E-state index is 9.68. The predicted molar refractivity (Wildman–Crippen MR) is 77.5 cm³/mol. The Hall–Kier alpha value is -1.32. The molecule has 1 aliphatic carbocycles. The molecule has 1 heterocycles. The summed E-state index contributed by atoms with van der Waals surface area (Å²) in [6.45, 7) is 4.96. The van der Waals surface area contributed by atoms with Crippen LogP contribution in [0.1, 0.15) is 37.0 Å². The lowest BCUT2D eigenvalue weighted by Crippen LogP contribution is -2.43. The van der Waals surface area contributed by atoms with Gasteiger partial charge in [-0.25, -0.2) is 0 Å². The van der Waals surface area contributed by atoms with Gasteiger partial charge >= 0.3 is 0 Å². The molecule has 3 atom stereocenters. The maximum atomic E-state index is 9.68. The summed E-state index contributed by atoms with van der Waals surface area (Å²) in [4.78, 5) is 0. The first-order chi connectivity index (χ1) is 9.54. The van der Waals surface area contributed by atoms with Crippen LogP contribution in [0.15, 0.2) is 29.8 Å². The van der Waals surface area contributed by atoms with Gasteiger partial charge in [-0.05, 0) is 49.9 Å². The fraction of sp³-hybridized carbons (Fsp3) is 0.529. The van der Waals surface area contributed by atoms with E-state index in [0.717, 1.165) is 24.0 Å². The molecule has 1 saturated heterocycles. The summed E-state index contributed by atoms with van der Waals surface area (Å²) in [5.74, 6) is 0.621. The van der Waals surface area contributed by atoms with E-state index in [0.29, 0.717) is 18.3 Å². The summed E-state index contributed by atoms with van der Waals surface area (Å²) in [6, 6.07) is 5.47. The van der Waals surface area contributed by atoms with Gasteiger partial charge in [0.25, 0.3) is 0 Å². The molecule has 0 spiro atoms. The number of fused-ring (bicyclic) bond motifs is 2. The highest BCUT2D eigenvalue weighted by Crippen LogP contribution is 2.50. The number of hydrogen-bond acceptors (Lipinski definition) is 3. The summed E-state index contributed by atoms with van der Waals surface area (Å²) in [5, 5.41) is 19.2. The zero-order valence-corrected chi connectivity index (χ0v) is 12.1. The minimum absolute atomic E-state index is 0.0341. The lowest BCUT2D eigenvalue weighted by molar-refractivity contribution is -0.114. The van der Waals surface area contributed by atoms with E-state index in [2.05, 4.69) is 13.0 Å². The first kappa shape index (κ1) is 13.7. The largest absolute Gasteiger partial charge is 0.508 e. The van der Waals surface area contributed by atoms with Gasteiger partial charge in [0.2, 0.25) is 0 Å². The molecule has 1 aliphatic heterocycles. The maximum Gasteiger partial charge on any atom is 0.115 e. The summed E-state index contributed by atoms with van der Waals surface area (Å²) < 4.78 is 6.13. The van der Waals surface area contributed by atoms with Crippen LogP contribution in [0.5, 0.6) is 5.75 Å². The van der Waals surface area contributed by atoms with Gasteiger partial charge in [0.15, 0.2) is 0 Å². The SMILES string of the molecule is CC1=CC[C@@]2(CO)CO[C@@H](c3ccc(O)cc3C)[C@@H]1C2. The first-order valence-corrected chi connectivity index (χ1v) is 7.23. The van der Waals surface area contributed by atoms with Gasteiger partial charge in [0, 0.05) is 11.3 Å². The molecule has 1 fully saturated rings. The standard InChI is InChI=1S/C17H22O3/c1-11-5-6-17(9-18)8-15(11)16(20-10-17)14-4-3-13(19)7-12(14)2/h3-5,7,15-16,18-19H,6,8-10H2,1-2H3/t15-,16+,17-/m1/s1. The molecule has 3 heteroatoms. The number of aromatic hydroxyl groups is 1. The number of phenols is 1. The zero-order chi connectivity index (χ0) is 14.3. The van der Waals surface area contributed by atoms with Crippen molar-refractivity contribution in [3.8, 4) is 5.75 Å². The highest BCUT2D eigenvalue weighted by atomic mass is 16.5. The Labute approximate surface area is 119 Å². The van der Waals surface area contributed by atoms with Crippen molar-refractivity contribution in [1.29, 1.82) is 0 Å². The van der Waals surface area contributed by atoms with Crippen LogP contribution in [0.2, 0.25) is 0 Å². The molecule has 2 aliphatic rings. The van der Waals surface area contributed by atoms with Gasteiger partial charge in [-0.2, -0.15) is 0 Å². The van der Waals surface area contributed by atoms with Gasteiger partial charge in [-0.3, -0.25) is 0 Å². The molecular weight excluding hydrogens is 252 g/mol. The second kappa shape index (κ2) is 4.90. The van der Waals surface area contributed by atoms with Crippen molar-refractivity contribution >= 4 is 0 Å². The first-order valence-electron chi connectivity index (χ1n) is 7.23. The number of aryl methyl sites for hydroxylation is 1. The molecule has 108 valence electrons. The van der Waals surface area contributed by atoms with Crippen molar-refractivity contribution < 1.29 is 14.9 Å². The molecule has 0 radical (unpaired) electrons. The lowest BCUT2D eigenvalue weighted by Gasteiger charge is -2.47. The van der Waals surface area contributed by atoms with Crippen molar-refractivity contribution in [2.24, 2.45) is 11.3 Å². The second-order valence-electron chi connectivity index (χ2n) is 6.39. The molecular formula is C17H22O3. The molecule has 0 amide bonds. The topological polar surface area (TPSA) is 49.7 Å². The van der Waals surface area contributed by atoms with Crippen LogP contribution in [0, 0.1) is 18.3 Å². The minimum Gasteiger partial charge on any atom is -0.508 e. The third-order valence-corrected chi connectivity index (χ3v) is 4.92. The number of hydrogen-bond donors (Lipinski definition) is 2. The summed E-state index contributed by atoms with van der Waals surface area (Å²) in [6.07, 6.45) is 4.19. The van der Waals surface area contributed by atoms with E-state index in [4.69, 9.17) is 4.74 Å².